The third-order valence-electron chi connectivity index (χ3n) is 2.99. The van der Waals surface area contributed by atoms with Gasteiger partial charge in [0, 0.05) is 12.1 Å². The maximum atomic E-state index is 11.0. The molecule has 0 heterocycles. The Morgan fingerprint density at radius 3 is 2.50 bits per heavy atom. The van der Waals surface area contributed by atoms with Gasteiger partial charge in [0.2, 0.25) is 0 Å². The third kappa shape index (κ3) is 3.20. The zero-order valence-corrected chi connectivity index (χ0v) is 11.0. The molecule has 0 bridgehead atoms. The Morgan fingerprint density at radius 1 is 1.44 bits per heavy atom. The van der Waals surface area contributed by atoms with Crippen LogP contribution in [0.25, 0.3) is 0 Å². The summed E-state index contributed by atoms with van der Waals surface area (Å²) in [5.74, 6) is 0. The van der Waals surface area contributed by atoms with Crippen molar-refractivity contribution in [2.45, 2.75) is 33.7 Å². The average Bonchev–Trinajstić information content (AvgIpc) is 2.27. The van der Waals surface area contributed by atoms with Crippen LogP contribution in [0.5, 0.6) is 0 Å². The molecule has 1 aromatic rings. The van der Waals surface area contributed by atoms with E-state index in [1.807, 2.05) is 13.0 Å². The van der Waals surface area contributed by atoms with Gasteiger partial charge in [0.15, 0.2) is 0 Å². The van der Waals surface area contributed by atoms with Crippen LogP contribution >= 0.6 is 0 Å². The van der Waals surface area contributed by atoms with Crippen LogP contribution in [-0.2, 0) is 0 Å². The lowest BCUT2D eigenvalue weighted by molar-refractivity contribution is -0.384. The number of nitrogens with one attached hydrogen (secondary N) is 1. The van der Waals surface area contributed by atoms with Crippen LogP contribution in [0.1, 0.15) is 33.3 Å². The molecule has 0 spiro atoms. The SMILES string of the molecule is CC(Nc1ccc(C#N)cc1[N+](=O)[O-])C(C)(C)C. The average molecular weight is 247 g/mol. The Bertz CT molecular complexity index is 498. The molecular weight excluding hydrogens is 230 g/mol. The van der Waals surface area contributed by atoms with Crippen LogP contribution in [0.3, 0.4) is 0 Å². The topological polar surface area (TPSA) is 79.0 Å². The molecule has 0 aliphatic heterocycles. The predicted octanol–water partition coefficient (Wildman–Crippen LogP) is 3.31. The molecule has 0 radical (unpaired) electrons. The van der Waals surface area contributed by atoms with Gasteiger partial charge >= 0.3 is 0 Å². The Labute approximate surface area is 107 Å². The summed E-state index contributed by atoms with van der Waals surface area (Å²) in [7, 11) is 0. The van der Waals surface area contributed by atoms with E-state index in [4.69, 9.17) is 5.26 Å². The molecule has 0 aliphatic rings. The minimum absolute atomic E-state index is 0.0121. The molecule has 0 saturated heterocycles. The lowest BCUT2D eigenvalue weighted by Crippen LogP contribution is -2.31. The lowest BCUT2D eigenvalue weighted by Gasteiger charge is -2.28. The Kier molecular flexibility index (Phi) is 3.92. The predicted molar refractivity (Wildman–Crippen MR) is 70.4 cm³/mol. The quantitative estimate of drug-likeness (QED) is 0.656. The van der Waals surface area contributed by atoms with Crippen LogP contribution in [0.2, 0.25) is 0 Å². The van der Waals surface area contributed by atoms with Gasteiger partial charge in [-0.2, -0.15) is 5.26 Å². The van der Waals surface area contributed by atoms with Crippen molar-refractivity contribution in [2.24, 2.45) is 5.41 Å². The van der Waals surface area contributed by atoms with E-state index < -0.39 is 4.92 Å². The van der Waals surface area contributed by atoms with Gasteiger partial charge in [-0.05, 0) is 24.5 Å². The van der Waals surface area contributed by atoms with Gasteiger partial charge in [-0.25, -0.2) is 0 Å². The third-order valence-corrected chi connectivity index (χ3v) is 2.99. The van der Waals surface area contributed by atoms with Gasteiger partial charge < -0.3 is 5.32 Å². The summed E-state index contributed by atoms with van der Waals surface area (Å²) in [5, 5.41) is 22.9. The molecule has 1 atom stereocenters. The molecule has 0 amide bonds. The maximum absolute atomic E-state index is 11.0. The first-order chi connectivity index (χ1) is 8.25. The normalized spacial score (nSPS) is 12.6. The Balaban J connectivity index is 3.10. The lowest BCUT2D eigenvalue weighted by atomic mass is 9.88. The number of anilines is 1. The second-order valence-electron chi connectivity index (χ2n) is 5.33. The number of nitro benzene ring substituents is 1. The first-order valence-electron chi connectivity index (χ1n) is 5.71. The largest absolute Gasteiger partial charge is 0.377 e. The minimum Gasteiger partial charge on any atom is -0.377 e. The first-order valence-corrected chi connectivity index (χ1v) is 5.71. The molecule has 1 aromatic carbocycles. The molecule has 5 heteroatoms. The highest BCUT2D eigenvalue weighted by atomic mass is 16.6. The molecule has 1 rings (SSSR count). The molecule has 5 nitrogen and oxygen atoms in total. The summed E-state index contributed by atoms with van der Waals surface area (Å²) in [6, 6.07) is 6.42. The van der Waals surface area contributed by atoms with E-state index in [1.165, 1.54) is 6.07 Å². The second kappa shape index (κ2) is 5.05. The fraction of sp³-hybridized carbons (Fsp3) is 0.462. The van der Waals surface area contributed by atoms with E-state index in [1.54, 1.807) is 12.1 Å². The molecule has 1 unspecified atom stereocenters. The monoisotopic (exact) mass is 247 g/mol. The molecule has 0 aliphatic carbocycles. The Morgan fingerprint density at radius 2 is 2.06 bits per heavy atom. The molecule has 96 valence electrons. The van der Waals surface area contributed by atoms with Crippen molar-refractivity contribution in [1.29, 1.82) is 5.26 Å². The molecular formula is C13H17N3O2. The summed E-state index contributed by atoms with van der Waals surface area (Å²) < 4.78 is 0. The number of nitro groups is 1. The fourth-order valence-electron chi connectivity index (χ4n) is 1.32. The highest BCUT2D eigenvalue weighted by Gasteiger charge is 2.23. The molecule has 0 aromatic heterocycles. The van der Waals surface area contributed by atoms with Crippen molar-refractivity contribution in [3.63, 3.8) is 0 Å². The van der Waals surface area contributed by atoms with Crippen LogP contribution in [0.4, 0.5) is 11.4 Å². The maximum Gasteiger partial charge on any atom is 0.293 e. The van der Waals surface area contributed by atoms with E-state index in [0.29, 0.717) is 5.69 Å². The van der Waals surface area contributed by atoms with E-state index in [-0.39, 0.29) is 22.7 Å². The molecule has 18 heavy (non-hydrogen) atoms. The summed E-state index contributed by atoms with van der Waals surface area (Å²) in [5.41, 5.74) is 0.657. The summed E-state index contributed by atoms with van der Waals surface area (Å²) >= 11 is 0. The van der Waals surface area contributed by atoms with Gasteiger partial charge in [0.05, 0.1) is 16.6 Å². The van der Waals surface area contributed by atoms with Crippen LogP contribution in [0.15, 0.2) is 18.2 Å². The summed E-state index contributed by atoms with van der Waals surface area (Å²) in [6.45, 7) is 8.14. The van der Waals surface area contributed by atoms with E-state index in [2.05, 4.69) is 26.1 Å². The van der Waals surface area contributed by atoms with Crippen molar-refractivity contribution in [1.82, 2.24) is 0 Å². The smallest absolute Gasteiger partial charge is 0.293 e. The van der Waals surface area contributed by atoms with Gasteiger partial charge in [-0.15, -0.1) is 0 Å². The Hall–Kier alpha value is -2.09. The second-order valence-corrected chi connectivity index (χ2v) is 5.33. The van der Waals surface area contributed by atoms with Crippen molar-refractivity contribution in [3.8, 4) is 6.07 Å². The summed E-state index contributed by atoms with van der Waals surface area (Å²) in [4.78, 5) is 10.5. The van der Waals surface area contributed by atoms with Gasteiger partial charge in [0.1, 0.15) is 5.69 Å². The highest BCUT2D eigenvalue weighted by Crippen LogP contribution is 2.29. The van der Waals surface area contributed by atoms with Gasteiger partial charge in [-0.1, -0.05) is 20.8 Å². The number of rotatable bonds is 3. The number of nitrogens with zero attached hydrogens (tertiary/aromatic N) is 2. The number of hydrogen-bond donors (Lipinski definition) is 1. The number of nitriles is 1. The number of hydrogen-bond acceptors (Lipinski definition) is 4. The van der Waals surface area contributed by atoms with Crippen LogP contribution in [0, 0.1) is 26.9 Å². The molecule has 0 saturated carbocycles. The van der Waals surface area contributed by atoms with Crippen molar-refractivity contribution in [3.05, 3.63) is 33.9 Å². The van der Waals surface area contributed by atoms with E-state index in [9.17, 15) is 10.1 Å². The van der Waals surface area contributed by atoms with Crippen LogP contribution < -0.4 is 5.32 Å². The zero-order valence-electron chi connectivity index (χ0n) is 11.0. The van der Waals surface area contributed by atoms with Gasteiger partial charge in [0.25, 0.3) is 5.69 Å². The fourth-order valence-corrected chi connectivity index (χ4v) is 1.32. The van der Waals surface area contributed by atoms with Crippen molar-refractivity contribution < 1.29 is 4.92 Å². The minimum atomic E-state index is -0.474. The highest BCUT2D eigenvalue weighted by molar-refractivity contribution is 5.64. The van der Waals surface area contributed by atoms with Crippen molar-refractivity contribution >= 4 is 11.4 Å². The number of benzene rings is 1. The van der Waals surface area contributed by atoms with Crippen LogP contribution in [-0.4, -0.2) is 11.0 Å². The molecule has 1 N–H and O–H groups in total. The van der Waals surface area contributed by atoms with E-state index >= 15 is 0 Å². The zero-order chi connectivity index (χ0) is 13.9. The molecule has 0 fully saturated rings. The summed E-state index contributed by atoms with van der Waals surface area (Å²) in [6.07, 6.45) is 0. The standard InChI is InChI=1S/C13H17N3O2/c1-9(13(2,3)4)15-11-6-5-10(8-14)7-12(11)16(17)18/h5-7,9,15H,1-4H3. The first kappa shape index (κ1) is 14.0. The van der Waals surface area contributed by atoms with Crippen molar-refractivity contribution in [2.75, 3.05) is 5.32 Å². The van der Waals surface area contributed by atoms with E-state index in [0.717, 1.165) is 0 Å². The van der Waals surface area contributed by atoms with Gasteiger partial charge in [-0.3, -0.25) is 10.1 Å².